The summed E-state index contributed by atoms with van der Waals surface area (Å²) in [7, 11) is 0. The molecule has 17 heavy (non-hydrogen) atoms. The van der Waals surface area contributed by atoms with Crippen LogP contribution in [0.5, 0.6) is 0 Å². The maximum Gasteiger partial charge on any atom is 0.114 e. The molecule has 1 unspecified atom stereocenters. The Balaban J connectivity index is 2.34. The molecule has 1 aromatic heterocycles. The van der Waals surface area contributed by atoms with Gasteiger partial charge < -0.3 is 0 Å². The molecule has 2 nitrogen and oxygen atoms in total. The first-order valence-corrected chi connectivity index (χ1v) is 7.22. The molecule has 1 aromatic rings. The number of fused-ring (bicyclic) bond motifs is 1. The number of aromatic nitrogens is 1. The molecule has 0 bridgehead atoms. The minimum atomic E-state index is 0.524. The van der Waals surface area contributed by atoms with Gasteiger partial charge in [0.25, 0.3) is 0 Å². The van der Waals surface area contributed by atoms with Crippen molar-refractivity contribution < 1.29 is 0 Å². The average Bonchev–Trinajstić information content (AvgIpc) is 2.37. The SMILES string of the molecule is CCC(C)Sc1nc2c(cc1C#N)CCCC2. The fourth-order valence-corrected chi connectivity index (χ4v) is 3.00. The van der Waals surface area contributed by atoms with Gasteiger partial charge in [-0.05, 0) is 43.7 Å². The zero-order valence-corrected chi connectivity index (χ0v) is 11.3. The number of nitriles is 1. The van der Waals surface area contributed by atoms with Crippen LogP contribution in [0.25, 0.3) is 0 Å². The van der Waals surface area contributed by atoms with E-state index in [1.54, 1.807) is 11.8 Å². The summed E-state index contributed by atoms with van der Waals surface area (Å²) in [6.45, 7) is 4.36. The maximum atomic E-state index is 9.20. The van der Waals surface area contributed by atoms with Crippen LogP contribution >= 0.6 is 11.8 Å². The van der Waals surface area contributed by atoms with Gasteiger partial charge in [0.1, 0.15) is 11.1 Å². The molecule has 2 rings (SSSR count). The minimum absolute atomic E-state index is 0.524. The second-order valence-electron chi connectivity index (χ2n) is 4.60. The van der Waals surface area contributed by atoms with Gasteiger partial charge in [-0.1, -0.05) is 13.8 Å². The highest BCUT2D eigenvalue weighted by molar-refractivity contribution is 7.99. The second-order valence-corrected chi connectivity index (χ2v) is 6.03. The van der Waals surface area contributed by atoms with E-state index in [4.69, 9.17) is 4.98 Å². The largest absolute Gasteiger partial charge is 0.245 e. The van der Waals surface area contributed by atoms with Crippen molar-refractivity contribution in [3.8, 4) is 6.07 Å². The number of hydrogen-bond donors (Lipinski definition) is 0. The van der Waals surface area contributed by atoms with Crippen LogP contribution in [0.2, 0.25) is 0 Å². The Morgan fingerprint density at radius 1 is 1.47 bits per heavy atom. The van der Waals surface area contributed by atoms with E-state index >= 15 is 0 Å². The Morgan fingerprint density at radius 3 is 2.94 bits per heavy atom. The van der Waals surface area contributed by atoms with Gasteiger partial charge in [0.2, 0.25) is 0 Å². The first-order chi connectivity index (χ1) is 8.24. The van der Waals surface area contributed by atoms with Crippen LogP contribution in [0.1, 0.15) is 49.9 Å². The lowest BCUT2D eigenvalue weighted by Crippen LogP contribution is -2.08. The van der Waals surface area contributed by atoms with E-state index in [1.807, 2.05) is 0 Å². The molecule has 1 atom stereocenters. The van der Waals surface area contributed by atoms with Gasteiger partial charge in [0.05, 0.1) is 5.56 Å². The van der Waals surface area contributed by atoms with E-state index in [-0.39, 0.29) is 0 Å². The highest BCUT2D eigenvalue weighted by atomic mass is 32.2. The van der Waals surface area contributed by atoms with Crippen LogP contribution < -0.4 is 0 Å². The monoisotopic (exact) mass is 246 g/mol. The molecule has 1 aliphatic carbocycles. The second kappa shape index (κ2) is 5.55. The third-order valence-electron chi connectivity index (χ3n) is 3.27. The summed E-state index contributed by atoms with van der Waals surface area (Å²) < 4.78 is 0. The Bertz CT molecular complexity index is 448. The van der Waals surface area contributed by atoms with Gasteiger partial charge in [-0.25, -0.2) is 4.98 Å². The molecule has 0 saturated heterocycles. The molecule has 3 heteroatoms. The smallest absolute Gasteiger partial charge is 0.114 e. The van der Waals surface area contributed by atoms with Crippen molar-refractivity contribution in [2.45, 2.75) is 56.2 Å². The van der Waals surface area contributed by atoms with Crippen molar-refractivity contribution in [1.82, 2.24) is 4.98 Å². The Labute approximate surface area is 107 Å². The predicted molar refractivity (Wildman–Crippen MR) is 71.2 cm³/mol. The van der Waals surface area contributed by atoms with Crippen molar-refractivity contribution in [1.29, 1.82) is 5.26 Å². The average molecular weight is 246 g/mol. The van der Waals surface area contributed by atoms with Crippen LogP contribution in [-0.4, -0.2) is 10.2 Å². The summed E-state index contributed by atoms with van der Waals surface area (Å²) in [6.07, 6.45) is 5.74. The Kier molecular flexibility index (Phi) is 4.06. The van der Waals surface area contributed by atoms with Crippen molar-refractivity contribution in [2.75, 3.05) is 0 Å². The Hall–Kier alpha value is -1.01. The molecular formula is C14H18N2S. The Morgan fingerprint density at radius 2 is 2.24 bits per heavy atom. The number of thioether (sulfide) groups is 1. The highest BCUT2D eigenvalue weighted by Crippen LogP contribution is 2.30. The van der Waals surface area contributed by atoms with Crippen LogP contribution in [0.4, 0.5) is 0 Å². The van der Waals surface area contributed by atoms with E-state index in [2.05, 4.69) is 26.0 Å². The molecule has 0 N–H and O–H groups in total. The van der Waals surface area contributed by atoms with Gasteiger partial charge in [0.15, 0.2) is 0 Å². The molecule has 0 aromatic carbocycles. The highest BCUT2D eigenvalue weighted by Gasteiger charge is 2.16. The summed E-state index contributed by atoms with van der Waals surface area (Å²) in [4.78, 5) is 4.71. The summed E-state index contributed by atoms with van der Waals surface area (Å²) in [5.74, 6) is 0. The van der Waals surface area contributed by atoms with Crippen molar-refractivity contribution in [2.24, 2.45) is 0 Å². The van der Waals surface area contributed by atoms with Crippen molar-refractivity contribution in [3.63, 3.8) is 0 Å². The molecule has 0 radical (unpaired) electrons. The maximum absolute atomic E-state index is 9.20. The van der Waals surface area contributed by atoms with E-state index < -0.39 is 0 Å². The first-order valence-electron chi connectivity index (χ1n) is 6.34. The van der Waals surface area contributed by atoms with E-state index in [0.717, 1.165) is 29.9 Å². The molecule has 0 aliphatic heterocycles. The molecule has 0 amide bonds. The predicted octanol–water partition coefficient (Wildman–Crippen LogP) is 3.72. The number of aryl methyl sites for hydroxylation is 2. The van der Waals surface area contributed by atoms with Crippen LogP contribution in [0.3, 0.4) is 0 Å². The van der Waals surface area contributed by atoms with Crippen LogP contribution in [0, 0.1) is 11.3 Å². The van der Waals surface area contributed by atoms with Gasteiger partial charge in [-0.2, -0.15) is 5.26 Å². The fraction of sp³-hybridized carbons (Fsp3) is 0.571. The molecule has 0 spiro atoms. The number of hydrogen-bond acceptors (Lipinski definition) is 3. The molecule has 0 fully saturated rings. The third-order valence-corrected chi connectivity index (χ3v) is 4.54. The lowest BCUT2D eigenvalue weighted by atomic mass is 9.95. The van der Waals surface area contributed by atoms with Crippen LogP contribution in [0.15, 0.2) is 11.1 Å². The van der Waals surface area contributed by atoms with Gasteiger partial charge >= 0.3 is 0 Å². The molecule has 0 saturated carbocycles. The first kappa shape index (κ1) is 12.4. The molecule has 1 aliphatic rings. The number of pyridine rings is 1. The van der Waals surface area contributed by atoms with E-state index in [0.29, 0.717) is 5.25 Å². The summed E-state index contributed by atoms with van der Waals surface area (Å²) >= 11 is 1.73. The van der Waals surface area contributed by atoms with Crippen molar-refractivity contribution in [3.05, 3.63) is 22.9 Å². The molecule has 90 valence electrons. The third kappa shape index (κ3) is 2.81. The molecule has 1 heterocycles. The zero-order valence-electron chi connectivity index (χ0n) is 10.5. The van der Waals surface area contributed by atoms with Gasteiger partial charge in [0, 0.05) is 10.9 Å². The number of rotatable bonds is 3. The molecular weight excluding hydrogens is 228 g/mol. The quantitative estimate of drug-likeness (QED) is 0.763. The summed E-state index contributed by atoms with van der Waals surface area (Å²) in [6, 6.07) is 4.35. The number of nitrogens with zero attached hydrogens (tertiary/aromatic N) is 2. The van der Waals surface area contributed by atoms with Gasteiger partial charge in [-0.15, -0.1) is 11.8 Å². The van der Waals surface area contributed by atoms with Crippen LogP contribution in [-0.2, 0) is 12.8 Å². The lowest BCUT2D eigenvalue weighted by Gasteiger charge is -2.17. The minimum Gasteiger partial charge on any atom is -0.245 e. The fourth-order valence-electron chi connectivity index (χ4n) is 2.06. The standard InChI is InChI=1S/C14H18N2S/c1-3-10(2)17-14-12(9-15)8-11-6-4-5-7-13(11)16-14/h8,10H,3-7H2,1-2H3. The lowest BCUT2D eigenvalue weighted by molar-refractivity contribution is 0.659. The van der Waals surface area contributed by atoms with Gasteiger partial charge in [-0.3, -0.25) is 0 Å². The van der Waals surface area contributed by atoms with E-state index in [1.165, 1.54) is 24.1 Å². The van der Waals surface area contributed by atoms with E-state index in [9.17, 15) is 5.26 Å². The summed E-state index contributed by atoms with van der Waals surface area (Å²) in [5, 5.41) is 10.7. The normalized spacial score (nSPS) is 16.1. The zero-order chi connectivity index (χ0) is 12.3. The van der Waals surface area contributed by atoms with Crippen molar-refractivity contribution >= 4 is 11.8 Å². The summed E-state index contributed by atoms with van der Waals surface area (Å²) in [5.41, 5.74) is 3.28. The topological polar surface area (TPSA) is 36.7 Å².